The molecule has 0 fully saturated rings. The first-order valence-electron chi connectivity index (χ1n) is 9.49. The number of para-hydroxylation sites is 1. The fourth-order valence-electron chi connectivity index (χ4n) is 3.16. The number of thiazole rings is 1. The van der Waals surface area contributed by atoms with Crippen LogP contribution in [0, 0.1) is 0 Å². The van der Waals surface area contributed by atoms with E-state index in [-0.39, 0.29) is 11.3 Å². The van der Waals surface area contributed by atoms with Gasteiger partial charge in [0, 0.05) is 16.1 Å². The molecule has 0 radical (unpaired) electrons. The van der Waals surface area contributed by atoms with E-state index >= 15 is 0 Å². The number of hydrogen-bond donors (Lipinski definition) is 1. The van der Waals surface area contributed by atoms with E-state index < -0.39 is 0 Å². The molecule has 0 bridgehead atoms. The number of carbonyl (C=O) groups excluding carboxylic acids is 1. The van der Waals surface area contributed by atoms with Gasteiger partial charge in [0.05, 0.1) is 20.9 Å². The van der Waals surface area contributed by atoms with Crippen molar-refractivity contribution in [2.24, 2.45) is 0 Å². The number of rotatable bonds is 3. The van der Waals surface area contributed by atoms with Gasteiger partial charge in [0.15, 0.2) is 0 Å². The Balaban J connectivity index is 1.71. The third-order valence-corrected chi connectivity index (χ3v) is 6.42. The van der Waals surface area contributed by atoms with Gasteiger partial charge in [-0.05, 0) is 47.4 Å². The van der Waals surface area contributed by atoms with Crippen molar-refractivity contribution in [2.45, 2.75) is 26.2 Å². The zero-order valence-electron chi connectivity index (χ0n) is 16.8. The van der Waals surface area contributed by atoms with E-state index in [1.807, 2.05) is 48.5 Å². The maximum Gasteiger partial charge on any atom is 0.255 e. The van der Waals surface area contributed by atoms with E-state index in [4.69, 9.17) is 28.2 Å². The van der Waals surface area contributed by atoms with Crippen molar-refractivity contribution in [1.29, 1.82) is 0 Å². The molecule has 1 aromatic heterocycles. The van der Waals surface area contributed by atoms with Crippen LogP contribution in [0.4, 0.5) is 5.69 Å². The van der Waals surface area contributed by atoms with Crippen LogP contribution in [0.3, 0.4) is 0 Å². The van der Waals surface area contributed by atoms with Crippen LogP contribution in [0.2, 0.25) is 10.0 Å². The summed E-state index contributed by atoms with van der Waals surface area (Å²) in [4.78, 5) is 17.6. The van der Waals surface area contributed by atoms with Gasteiger partial charge in [-0.2, -0.15) is 0 Å². The first-order valence-corrected chi connectivity index (χ1v) is 11.1. The molecular formula is C24H20Cl2N2OS. The Kier molecular flexibility index (Phi) is 5.58. The Labute approximate surface area is 189 Å². The minimum absolute atomic E-state index is 0.0223. The van der Waals surface area contributed by atoms with Gasteiger partial charge in [-0.25, -0.2) is 4.98 Å². The average molecular weight is 455 g/mol. The standard InChI is InChI=1S/C24H20Cl2N2OS/c1-24(2,3)15-10-8-14(9-11-15)22(29)28-21-17(12-16(25)13-18(21)26)23-27-19-6-4-5-7-20(19)30-23/h4-13H,1-3H3,(H,28,29). The van der Waals surface area contributed by atoms with Crippen molar-refractivity contribution in [2.75, 3.05) is 5.32 Å². The molecule has 0 unspecified atom stereocenters. The van der Waals surface area contributed by atoms with Crippen LogP contribution in [0.15, 0.2) is 60.7 Å². The highest BCUT2D eigenvalue weighted by molar-refractivity contribution is 7.21. The van der Waals surface area contributed by atoms with E-state index in [1.165, 1.54) is 16.9 Å². The van der Waals surface area contributed by atoms with Crippen LogP contribution >= 0.6 is 34.5 Å². The smallest absolute Gasteiger partial charge is 0.255 e. The summed E-state index contributed by atoms with van der Waals surface area (Å²) in [6, 6.07) is 18.9. The molecule has 0 spiro atoms. The number of hydrogen-bond acceptors (Lipinski definition) is 3. The molecule has 4 aromatic rings. The molecule has 0 saturated heterocycles. The Morgan fingerprint density at radius 2 is 1.70 bits per heavy atom. The van der Waals surface area contributed by atoms with Crippen molar-refractivity contribution in [1.82, 2.24) is 4.98 Å². The molecule has 3 nitrogen and oxygen atoms in total. The summed E-state index contributed by atoms with van der Waals surface area (Å²) < 4.78 is 1.05. The molecule has 30 heavy (non-hydrogen) atoms. The lowest BCUT2D eigenvalue weighted by atomic mass is 9.87. The van der Waals surface area contributed by atoms with Crippen molar-refractivity contribution in [3.05, 3.63) is 81.8 Å². The van der Waals surface area contributed by atoms with Crippen molar-refractivity contribution < 1.29 is 4.79 Å². The maximum atomic E-state index is 12.9. The second-order valence-corrected chi connectivity index (χ2v) is 9.95. The first kappa shape index (κ1) is 20.9. The summed E-state index contributed by atoms with van der Waals surface area (Å²) in [5, 5.41) is 4.57. The van der Waals surface area contributed by atoms with Gasteiger partial charge in [-0.1, -0.05) is 68.2 Å². The van der Waals surface area contributed by atoms with Crippen molar-refractivity contribution >= 4 is 56.3 Å². The van der Waals surface area contributed by atoms with E-state index in [2.05, 4.69) is 26.1 Å². The van der Waals surface area contributed by atoms with Crippen LogP contribution in [0.5, 0.6) is 0 Å². The van der Waals surface area contributed by atoms with Gasteiger partial charge >= 0.3 is 0 Å². The third kappa shape index (κ3) is 4.22. The second-order valence-electron chi connectivity index (χ2n) is 8.08. The number of nitrogens with zero attached hydrogens (tertiary/aromatic N) is 1. The Morgan fingerprint density at radius 3 is 2.37 bits per heavy atom. The Hall–Kier alpha value is -2.40. The number of fused-ring (bicyclic) bond motifs is 1. The topological polar surface area (TPSA) is 42.0 Å². The van der Waals surface area contributed by atoms with Crippen molar-refractivity contribution in [3.63, 3.8) is 0 Å². The molecular weight excluding hydrogens is 435 g/mol. The van der Waals surface area contributed by atoms with Gasteiger partial charge in [0.25, 0.3) is 5.91 Å². The van der Waals surface area contributed by atoms with Crippen LogP contribution in [-0.2, 0) is 5.41 Å². The molecule has 0 aliphatic carbocycles. The quantitative estimate of drug-likeness (QED) is 0.342. The normalized spacial score (nSPS) is 11.6. The van der Waals surface area contributed by atoms with Crippen LogP contribution in [0.1, 0.15) is 36.7 Å². The summed E-state index contributed by atoms with van der Waals surface area (Å²) in [5.41, 5.74) is 3.85. The van der Waals surface area contributed by atoms with E-state index in [1.54, 1.807) is 12.1 Å². The van der Waals surface area contributed by atoms with Crippen LogP contribution in [-0.4, -0.2) is 10.9 Å². The summed E-state index contributed by atoms with van der Waals surface area (Å²) in [6.45, 7) is 6.42. The highest BCUT2D eigenvalue weighted by Crippen LogP contribution is 2.40. The third-order valence-electron chi connectivity index (χ3n) is 4.83. The number of anilines is 1. The summed E-state index contributed by atoms with van der Waals surface area (Å²) in [7, 11) is 0. The zero-order valence-corrected chi connectivity index (χ0v) is 19.1. The molecule has 6 heteroatoms. The van der Waals surface area contributed by atoms with Gasteiger partial charge in [0.2, 0.25) is 0 Å². The van der Waals surface area contributed by atoms with E-state index in [9.17, 15) is 4.79 Å². The molecule has 1 heterocycles. The monoisotopic (exact) mass is 454 g/mol. The fraction of sp³-hybridized carbons (Fsp3) is 0.167. The molecule has 0 atom stereocenters. The molecule has 0 saturated carbocycles. The van der Waals surface area contributed by atoms with Gasteiger partial charge in [-0.3, -0.25) is 4.79 Å². The van der Waals surface area contributed by atoms with Crippen LogP contribution < -0.4 is 5.32 Å². The molecule has 4 rings (SSSR count). The highest BCUT2D eigenvalue weighted by atomic mass is 35.5. The molecule has 3 aromatic carbocycles. The lowest BCUT2D eigenvalue weighted by Gasteiger charge is -2.19. The van der Waals surface area contributed by atoms with E-state index in [0.29, 0.717) is 26.9 Å². The zero-order chi connectivity index (χ0) is 21.5. The molecule has 152 valence electrons. The number of amides is 1. The largest absolute Gasteiger partial charge is 0.320 e. The van der Waals surface area contributed by atoms with Crippen LogP contribution in [0.25, 0.3) is 20.8 Å². The number of halogens is 2. The summed E-state index contributed by atoms with van der Waals surface area (Å²) in [6.07, 6.45) is 0. The molecule has 0 aliphatic rings. The second kappa shape index (κ2) is 8.03. The molecule has 0 aliphatic heterocycles. The minimum Gasteiger partial charge on any atom is -0.320 e. The lowest BCUT2D eigenvalue weighted by Crippen LogP contribution is -2.15. The van der Waals surface area contributed by atoms with E-state index in [0.717, 1.165) is 15.2 Å². The minimum atomic E-state index is -0.234. The number of aromatic nitrogens is 1. The predicted octanol–water partition coefficient (Wildman–Crippen LogP) is 7.82. The Bertz CT molecular complexity index is 1210. The van der Waals surface area contributed by atoms with Gasteiger partial charge in [0.1, 0.15) is 5.01 Å². The SMILES string of the molecule is CC(C)(C)c1ccc(C(=O)Nc2c(Cl)cc(Cl)cc2-c2nc3ccccc3s2)cc1. The summed E-state index contributed by atoms with van der Waals surface area (Å²) >= 11 is 14.3. The van der Waals surface area contributed by atoms with Crippen molar-refractivity contribution in [3.8, 4) is 10.6 Å². The predicted molar refractivity (Wildman–Crippen MR) is 128 cm³/mol. The fourth-order valence-corrected chi connectivity index (χ4v) is 4.69. The maximum absolute atomic E-state index is 12.9. The molecule has 1 N–H and O–H groups in total. The highest BCUT2D eigenvalue weighted by Gasteiger charge is 2.19. The first-order chi connectivity index (χ1) is 14.2. The summed E-state index contributed by atoms with van der Waals surface area (Å²) in [5.74, 6) is -0.234. The Morgan fingerprint density at radius 1 is 1.00 bits per heavy atom. The molecule has 1 amide bonds. The number of nitrogens with one attached hydrogen (secondary N) is 1. The van der Waals surface area contributed by atoms with Gasteiger partial charge in [-0.15, -0.1) is 11.3 Å². The number of benzene rings is 3. The average Bonchev–Trinajstić information content (AvgIpc) is 3.13. The number of carbonyl (C=O) groups is 1. The lowest BCUT2D eigenvalue weighted by molar-refractivity contribution is 0.102. The van der Waals surface area contributed by atoms with Gasteiger partial charge < -0.3 is 5.32 Å².